The number of hydrogen-bond acceptors (Lipinski definition) is 6. The molecule has 4 heterocycles. The lowest BCUT2D eigenvalue weighted by Gasteiger charge is -2.41. The summed E-state index contributed by atoms with van der Waals surface area (Å²) in [4.78, 5) is 48.8. The molecule has 3 fully saturated rings. The van der Waals surface area contributed by atoms with E-state index in [9.17, 15) is 27.6 Å². The Morgan fingerprint density at radius 3 is 2.27 bits per heavy atom. The van der Waals surface area contributed by atoms with Crippen LogP contribution in [0, 0.1) is 5.92 Å². The molecule has 0 aromatic heterocycles. The molecule has 3 saturated heterocycles. The molecule has 2 aromatic carbocycles. The molecule has 0 aliphatic carbocycles. The van der Waals surface area contributed by atoms with Gasteiger partial charge in [0.15, 0.2) is 0 Å². The fourth-order valence-electron chi connectivity index (χ4n) is 7.82. The maximum absolute atomic E-state index is 14.1. The first-order chi connectivity index (χ1) is 23.5. The highest BCUT2D eigenvalue weighted by molar-refractivity contribution is 9.10. The Morgan fingerprint density at radius 1 is 0.918 bits per heavy atom. The Bertz CT molecular complexity index is 1520. The number of urea groups is 1. The zero-order chi connectivity index (χ0) is 34.7. The van der Waals surface area contributed by atoms with E-state index in [2.05, 4.69) is 31.5 Å². The zero-order valence-corrected chi connectivity index (χ0v) is 29.2. The van der Waals surface area contributed by atoms with Crippen molar-refractivity contribution < 1.29 is 27.6 Å². The molecule has 2 aromatic rings. The van der Waals surface area contributed by atoms with Crippen molar-refractivity contribution in [1.82, 2.24) is 24.9 Å². The summed E-state index contributed by atoms with van der Waals surface area (Å²) in [5.74, 6) is -1.23. The van der Waals surface area contributed by atoms with Gasteiger partial charge in [-0.15, -0.1) is 0 Å². The van der Waals surface area contributed by atoms with Gasteiger partial charge < -0.3 is 31.1 Å². The second kappa shape index (κ2) is 15.3. The summed E-state index contributed by atoms with van der Waals surface area (Å²) in [5.41, 5.74) is 6.59. The number of rotatable bonds is 7. The molecule has 10 nitrogen and oxygen atoms in total. The minimum absolute atomic E-state index is 0.0186. The molecule has 266 valence electrons. The molecule has 1 atom stereocenters. The van der Waals surface area contributed by atoms with Gasteiger partial charge in [-0.25, -0.2) is 4.79 Å². The van der Waals surface area contributed by atoms with Gasteiger partial charge in [0.1, 0.15) is 0 Å². The van der Waals surface area contributed by atoms with Crippen LogP contribution in [0.25, 0.3) is 0 Å². The number of piperazine rings is 1. The molecule has 14 heteroatoms. The Balaban J connectivity index is 1.12. The molecular weight excluding hydrogens is 703 g/mol. The van der Waals surface area contributed by atoms with Crippen LogP contribution >= 0.6 is 15.9 Å². The van der Waals surface area contributed by atoms with Crippen LogP contribution in [-0.2, 0) is 28.6 Å². The van der Waals surface area contributed by atoms with Gasteiger partial charge >= 0.3 is 12.2 Å². The molecule has 0 radical (unpaired) electrons. The van der Waals surface area contributed by atoms with Crippen molar-refractivity contribution in [3.05, 3.63) is 57.6 Å². The zero-order valence-electron chi connectivity index (χ0n) is 27.6. The predicted octanol–water partition coefficient (Wildman–Crippen LogP) is 4.58. The van der Waals surface area contributed by atoms with Crippen LogP contribution in [0.1, 0.15) is 48.8 Å². The third-order valence-electron chi connectivity index (χ3n) is 10.6. The Labute approximate surface area is 293 Å². The van der Waals surface area contributed by atoms with E-state index in [4.69, 9.17) is 5.73 Å². The largest absolute Gasteiger partial charge is 0.418 e. The van der Waals surface area contributed by atoms with E-state index in [1.807, 2.05) is 29.2 Å². The molecule has 4 aliphatic rings. The number of nitrogens with zero attached hydrogens (tertiary/aromatic N) is 4. The Morgan fingerprint density at radius 2 is 1.57 bits per heavy atom. The van der Waals surface area contributed by atoms with Crippen molar-refractivity contribution in [3.63, 3.8) is 0 Å². The smallest absolute Gasteiger partial charge is 0.397 e. The average Bonchev–Trinajstić information content (AvgIpc) is 3.27. The van der Waals surface area contributed by atoms with Crippen molar-refractivity contribution in [1.29, 1.82) is 0 Å². The number of halogens is 4. The molecule has 4 amide bonds. The second-order valence-electron chi connectivity index (χ2n) is 13.6. The van der Waals surface area contributed by atoms with Crippen LogP contribution in [0.2, 0.25) is 0 Å². The maximum Gasteiger partial charge on any atom is 0.418 e. The van der Waals surface area contributed by atoms with Crippen molar-refractivity contribution in [2.75, 3.05) is 70.0 Å². The number of para-hydroxylation sites is 1. The molecule has 49 heavy (non-hydrogen) atoms. The molecule has 0 spiro atoms. The van der Waals surface area contributed by atoms with E-state index >= 15 is 0 Å². The molecule has 0 saturated carbocycles. The van der Waals surface area contributed by atoms with Crippen molar-refractivity contribution in [3.8, 4) is 0 Å². The lowest BCUT2D eigenvalue weighted by Crippen LogP contribution is -2.53. The van der Waals surface area contributed by atoms with Gasteiger partial charge in [0, 0.05) is 87.6 Å². The monoisotopic (exact) mass is 747 g/mol. The number of hydrogen-bond donors (Lipinski definition) is 3. The van der Waals surface area contributed by atoms with Crippen LogP contribution in [0.4, 0.5) is 29.3 Å². The van der Waals surface area contributed by atoms with Gasteiger partial charge in [0.05, 0.1) is 17.2 Å². The lowest BCUT2D eigenvalue weighted by atomic mass is 9.91. The number of nitrogen functional groups attached to an aromatic ring is 1. The summed E-state index contributed by atoms with van der Waals surface area (Å²) in [7, 11) is 0. The van der Waals surface area contributed by atoms with Gasteiger partial charge in [-0.1, -0.05) is 18.2 Å². The van der Waals surface area contributed by atoms with Gasteiger partial charge in [-0.2, -0.15) is 13.2 Å². The summed E-state index contributed by atoms with van der Waals surface area (Å²) in [6, 6.07) is 10.5. The molecule has 0 bridgehead atoms. The fraction of sp³-hybridized carbons (Fsp3) is 0.571. The third-order valence-corrected chi connectivity index (χ3v) is 11.2. The number of piperidine rings is 2. The number of nitrogens with two attached hydrogens (primary N) is 1. The Kier molecular flexibility index (Phi) is 11.0. The number of nitrogens with one attached hydrogen (secondary N) is 2. The van der Waals surface area contributed by atoms with Crippen molar-refractivity contribution in [2.45, 2.75) is 63.2 Å². The summed E-state index contributed by atoms with van der Waals surface area (Å²) in [6.07, 6.45) is -1.20. The van der Waals surface area contributed by atoms with Gasteiger partial charge in [-0.05, 0) is 83.8 Å². The van der Waals surface area contributed by atoms with Crippen molar-refractivity contribution >= 4 is 45.2 Å². The normalized spacial score (nSPS) is 20.8. The highest BCUT2D eigenvalue weighted by atomic mass is 79.9. The van der Waals surface area contributed by atoms with E-state index in [-0.39, 0.29) is 41.2 Å². The van der Waals surface area contributed by atoms with Crippen LogP contribution < -0.4 is 16.4 Å². The van der Waals surface area contributed by atoms with E-state index < -0.39 is 23.3 Å². The van der Waals surface area contributed by atoms with E-state index in [0.29, 0.717) is 57.2 Å². The van der Waals surface area contributed by atoms with Crippen LogP contribution in [-0.4, -0.2) is 108 Å². The van der Waals surface area contributed by atoms with Gasteiger partial charge in [0.25, 0.3) is 0 Å². The lowest BCUT2D eigenvalue weighted by molar-refractivity contribution is -0.143. The number of carbonyl (C=O) groups is 3. The topological polar surface area (TPSA) is 114 Å². The number of anilines is 2. The summed E-state index contributed by atoms with van der Waals surface area (Å²) in [6.45, 7) is 6.36. The van der Waals surface area contributed by atoms with Crippen LogP contribution in [0.15, 0.2) is 40.9 Å². The molecular formula is C35H45BrF3N7O3. The number of alkyl halides is 3. The SMILES string of the molecule is Nc1c(Br)cc(C[C@@H](CC(=O)N2CCC(N3CCc4ccccc4NC3=O)CC2)C(=O)N2CCC(N3CCNCC3)CC2)cc1C(F)(F)F. The number of carbonyl (C=O) groups excluding carboxylic acids is 3. The molecule has 4 aliphatic heterocycles. The summed E-state index contributed by atoms with van der Waals surface area (Å²) < 4.78 is 41.6. The van der Waals surface area contributed by atoms with Gasteiger partial charge in [-0.3, -0.25) is 14.5 Å². The predicted molar refractivity (Wildman–Crippen MR) is 185 cm³/mol. The standard InChI is InChI=1S/C35H45BrF3N7O3/c36-29-21-23(20-28(32(29)40)35(37,38)39)19-25(33(48)45-14-6-26(7-15-45)43-17-10-41-11-18-43)22-31(47)44-12-8-27(9-13-44)46-16-5-24-3-1-2-4-30(24)42-34(46)49/h1-4,20-21,25-27,41H,5-19,22,40H2,(H,42,49)/t25-/m0/s1. The quantitative estimate of drug-likeness (QED) is 0.358. The van der Waals surface area contributed by atoms with Crippen LogP contribution in [0.3, 0.4) is 0 Å². The first-order valence-corrected chi connectivity index (χ1v) is 18.1. The minimum atomic E-state index is -4.67. The third kappa shape index (κ3) is 8.34. The number of amides is 4. The number of likely N-dealkylation sites (tertiary alicyclic amines) is 2. The van der Waals surface area contributed by atoms with Gasteiger partial charge in [0.2, 0.25) is 11.8 Å². The number of benzene rings is 2. The van der Waals surface area contributed by atoms with Crippen molar-refractivity contribution in [2.24, 2.45) is 5.92 Å². The van der Waals surface area contributed by atoms with E-state index in [1.165, 1.54) is 6.07 Å². The Hall–Kier alpha value is -3.36. The molecule has 6 rings (SSSR count). The highest BCUT2D eigenvalue weighted by Crippen LogP contribution is 2.39. The average molecular weight is 749 g/mol. The maximum atomic E-state index is 14.1. The van der Waals surface area contributed by atoms with Crippen LogP contribution in [0.5, 0.6) is 0 Å². The summed E-state index contributed by atoms with van der Waals surface area (Å²) >= 11 is 3.17. The molecule has 0 unspecified atom stereocenters. The minimum Gasteiger partial charge on any atom is -0.397 e. The highest BCUT2D eigenvalue weighted by Gasteiger charge is 2.37. The fourth-order valence-corrected chi connectivity index (χ4v) is 8.33. The number of fused-ring (bicyclic) bond motifs is 1. The summed E-state index contributed by atoms with van der Waals surface area (Å²) in [5, 5.41) is 6.38. The first-order valence-electron chi connectivity index (χ1n) is 17.3. The second-order valence-corrected chi connectivity index (χ2v) is 14.5. The first kappa shape index (κ1) is 35.5. The molecule has 4 N–H and O–H groups in total. The van der Waals surface area contributed by atoms with E-state index in [1.54, 1.807) is 9.80 Å². The van der Waals surface area contributed by atoms with E-state index in [0.717, 1.165) is 62.8 Å².